The van der Waals surface area contributed by atoms with Crippen LogP contribution in [0.15, 0.2) is 66.7 Å². The highest BCUT2D eigenvalue weighted by Gasteiger charge is 2.26. The molecule has 0 aliphatic carbocycles. The average Bonchev–Trinajstić information content (AvgIpc) is 2.84. The van der Waals surface area contributed by atoms with Crippen LogP contribution in [0.4, 0.5) is 0 Å². The number of piperazine rings is 1. The van der Waals surface area contributed by atoms with Crippen LogP contribution >= 0.6 is 11.6 Å². The van der Waals surface area contributed by atoms with E-state index in [1.165, 1.54) is 11.1 Å². The van der Waals surface area contributed by atoms with Gasteiger partial charge in [-0.3, -0.25) is 9.80 Å². The minimum atomic E-state index is -1.26. The standard InChI is InChI=1S/C21H25ClN2O3.C4H4O4/c22-19-8-6-18(7-9-19)21(17-4-2-1-3-5-17)24-12-10-23(11-13-24)14-15-27-16-20(25)26;5-3(6)1-2-4(7)8/h1-9,21H,10-16H2,(H,25,26);1-2H,(H,5,6)(H,7,8)/b;2-1-. The zero-order valence-corrected chi connectivity index (χ0v) is 19.9. The number of halogens is 1. The summed E-state index contributed by atoms with van der Waals surface area (Å²) in [7, 11) is 0. The van der Waals surface area contributed by atoms with Crippen LogP contribution in [-0.2, 0) is 19.1 Å². The van der Waals surface area contributed by atoms with E-state index in [0.29, 0.717) is 18.8 Å². The number of ether oxygens (including phenoxy) is 1. The number of carboxylic acids is 3. The molecule has 3 N–H and O–H groups in total. The van der Waals surface area contributed by atoms with Gasteiger partial charge in [0.2, 0.25) is 0 Å². The van der Waals surface area contributed by atoms with E-state index in [2.05, 4.69) is 46.2 Å². The van der Waals surface area contributed by atoms with Gasteiger partial charge in [-0.25, -0.2) is 14.4 Å². The summed E-state index contributed by atoms with van der Waals surface area (Å²) < 4.78 is 5.15. The number of aliphatic carboxylic acids is 3. The lowest BCUT2D eigenvalue weighted by molar-refractivity contribution is -0.142. The van der Waals surface area contributed by atoms with Crippen molar-refractivity contribution in [1.82, 2.24) is 9.80 Å². The minimum Gasteiger partial charge on any atom is -0.480 e. The van der Waals surface area contributed by atoms with Crippen molar-refractivity contribution in [2.75, 3.05) is 45.9 Å². The van der Waals surface area contributed by atoms with Crippen molar-refractivity contribution < 1.29 is 34.4 Å². The molecule has 35 heavy (non-hydrogen) atoms. The van der Waals surface area contributed by atoms with Gasteiger partial charge >= 0.3 is 17.9 Å². The molecule has 2 aromatic rings. The van der Waals surface area contributed by atoms with Crippen LogP contribution in [0.1, 0.15) is 17.2 Å². The lowest BCUT2D eigenvalue weighted by Gasteiger charge is -2.39. The number of benzene rings is 2. The van der Waals surface area contributed by atoms with E-state index in [4.69, 9.17) is 31.7 Å². The van der Waals surface area contributed by atoms with Gasteiger partial charge in [0.05, 0.1) is 12.6 Å². The third kappa shape index (κ3) is 10.7. The predicted molar refractivity (Wildman–Crippen MR) is 131 cm³/mol. The maximum atomic E-state index is 10.5. The molecule has 9 nitrogen and oxygen atoms in total. The molecule has 188 valence electrons. The monoisotopic (exact) mass is 504 g/mol. The summed E-state index contributed by atoms with van der Waals surface area (Å²) in [6.45, 7) is 4.75. The fraction of sp³-hybridized carbons (Fsp3) is 0.320. The first-order chi connectivity index (χ1) is 16.8. The van der Waals surface area contributed by atoms with Gasteiger partial charge in [0.25, 0.3) is 0 Å². The third-order valence-electron chi connectivity index (χ3n) is 5.22. The molecule has 1 atom stereocenters. The summed E-state index contributed by atoms with van der Waals surface area (Å²) in [5.74, 6) is -3.44. The maximum Gasteiger partial charge on any atom is 0.329 e. The molecule has 0 radical (unpaired) electrons. The Kier molecular flexibility index (Phi) is 11.9. The first-order valence-electron chi connectivity index (χ1n) is 11.0. The van der Waals surface area contributed by atoms with Gasteiger partial charge in [-0.05, 0) is 23.3 Å². The molecule has 0 aromatic heterocycles. The molecule has 1 heterocycles. The van der Waals surface area contributed by atoms with Crippen LogP contribution in [0.25, 0.3) is 0 Å². The number of nitrogens with zero attached hydrogens (tertiary/aromatic N) is 2. The Balaban J connectivity index is 0.000000466. The van der Waals surface area contributed by atoms with E-state index < -0.39 is 17.9 Å². The van der Waals surface area contributed by atoms with Crippen molar-refractivity contribution in [3.8, 4) is 0 Å². The van der Waals surface area contributed by atoms with Gasteiger partial charge in [-0.1, -0.05) is 54.1 Å². The number of hydrogen-bond acceptors (Lipinski definition) is 6. The fourth-order valence-electron chi connectivity index (χ4n) is 3.64. The number of hydrogen-bond donors (Lipinski definition) is 3. The molecule has 1 aliphatic heterocycles. The van der Waals surface area contributed by atoms with E-state index in [1.54, 1.807) is 0 Å². The molecular formula is C25H29ClN2O7. The highest BCUT2D eigenvalue weighted by Crippen LogP contribution is 2.30. The molecule has 0 saturated carbocycles. The summed E-state index contributed by atoms with van der Waals surface area (Å²) in [6, 6.07) is 18.8. The lowest BCUT2D eigenvalue weighted by atomic mass is 9.96. The van der Waals surface area contributed by atoms with Gasteiger partial charge in [0.15, 0.2) is 0 Å². The van der Waals surface area contributed by atoms with E-state index >= 15 is 0 Å². The predicted octanol–water partition coefficient (Wildman–Crippen LogP) is 2.86. The molecule has 0 bridgehead atoms. The molecule has 0 amide bonds. The van der Waals surface area contributed by atoms with Crippen LogP contribution in [0.2, 0.25) is 5.02 Å². The van der Waals surface area contributed by atoms with E-state index in [0.717, 1.165) is 37.7 Å². The SMILES string of the molecule is O=C(O)/C=C\C(=O)O.O=C(O)COCCN1CCN(C(c2ccccc2)c2ccc(Cl)cc2)CC1. The Morgan fingerprint density at radius 1 is 0.857 bits per heavy atom. The number of rotatable bonds is 10. The molecule has 1 saturated heterocycles. The Morgan fingerprint density at radius 3 is 1.91 bits per heavy atom. The number of carbonyl (C=O) groups is 3. The highest BCUT2D eigenvalue weighted by atomic mass is 35.5. The molecule has 10 heteroatoms. The van der Waals surface area contributed by atoms with Crippen molar-refractivity contribution in [3.63, 3.8) is 0 Å². The molecule has 0 spiro atoms. The first kappa shape index (κ1) is 28.0. The summed E-state index contributed by atoms with van der Waals surface area (Å²) in [5.41, 5.74) is 2.52. The Labute approximate surface area is 208 Å². The third-order valence-corrected chi connectivity index (χ3v) is 5.47. The second kappa shape index (κ2) is 14.9. The van der Waals surface area contributed by atoms with Crippen LogP contribution in [-0.4, -0.2) is 89.0 Å². The second-order valence-electron chi connectivity index (χ2n) is 7.70. The van der Waals surface area contributed by atoms with Gasteiger partial charge in [0.1, 0.15) is 6.61 Å². The summed E-state index contributed by atoms with van der Waals surface area (Å²) in [4.78, 5) is 34.4. The van der Waals surface area contributed by atoms with Gasteiger partial charge in [-0.2, -0.15) is 0 Å². The molecule has 2 aromatic carbocycles. The van der Waals surface area contributed by atoms with Crippen molar-refractivity contribution in [1.29, 1.82) is 0 Å². The van der Waals surface area contributed by atoms with E-state index in [9.17, 15) is 14.4 Å². The van der Waals surface area contributed by atoms with E-state index in [-0.39, 0.29) is 12.6 Å². The van der Waals surface area contributed by atoms with Crippen molar-refractivity contribution in [2.24, 2.45) is 0 Å². The quantitative estimate of drug-likeness (QED) is 0.330. The summed E-state index contributed by atoms with van der Waals surface area (Å²) in [5, 5.41) is 25.0. The van der Waals surface area contributed by atoms with E-state index in [1.807, 2.05) is 18.2 Å². The first-order valence-corrected chi connectivity index (χ1v) is 11.3. The molecule has 1 unspecified atom stereocenters. The fourth-order valence-corrected chi connectivity index (χ4v) is 3.76. The van der Waals surface area contributed by atoms with Gasteiger partial charge in [0, 0.05) is 49.9 Å². The van der Waals surface area contributed by atoms with Gasteiger partial charge < -0.3 is 20.1 Å². The topological polar surface area (TPSA) is 128 Å². The zero-order valence-electron chi connectivity index (χ0n) is 19.1. The Morgan fingerprint density at radius 2 is 1.40 bits per heavy atom. The molecule has 1 aliphatic rings. The van der Waals surface area contributed by atoms with Crippen LogP contribution < -0.4 is 0 Å². The second-order valence-corrected chi connectivity index (χ2v) is 8.13. The highest BCUT2D eigenvalue weighted by molar-refractivity contribution is 6.30. The smallest absolute Gasteiger partial charge is 0.329 e. The summed E-state index contributed by atoms with van der Waals surface area (Å²) >= 11 is 6.08. The normalized spacial score (nSPS) is 15.2. The lowest BCUT2D eigenvalue weighted by Crippen LogP contribution is -2.48. The van der Waals surface area contributed by atoms with Crippen LogP contribution in [0, 0.1) is 0 Å². The Hall–Kier alpha value is -3.24. The summed E-state index contributed by atoms with van der Waals surface area (Å²) in [6.07, 6.45) is 1.12. The Bertz CT molecular complexity index is 959. The van der Waals surface area contributed by atoms with Crippen molar-refractivity contribution in [2.45, 2.75) is 6.04 Å². The van der Waals surface area contributed by atoms with Crippen LogP contribution in [0.5, 0.6) is 0 Å². The largest absolute Gasteiger partial charge is 0.480 e. The number of carboxylic acid groups (broad SMARTS) is 3. The molecule has 3 rings (SSSR count). The minimum absolute atomic E-state index is 0.203. The van der Waals surface area contributed by atoms with Gasteiger partial charge in [-0.15, -0.1) is 0 Å². The average molecular weight is 505 g/mol. The van der Waals surface area contributed by atoms with Crippen molar-refractivity contribution in [3.05, 3.63) is 82.9 Å². The molecule has 1 fully saturated rings. The zero-order chi connectivity index (χ0) is 25.6. The van der Waals surface area contributed by atoms with Crippen molar-refractivity contribution >= 4 is 29.5 Å². The maximum absolute atomic E-state index is 10.5. The van der Waals surface area contributed by atoms with Crippen LogP contribution in [0.3, 0.4) is 0 Å². The molecular weight excluding hydrogens is 476 g/mol.